The Bertz CT molecular complexity index is 1580. The SMILES string of the molecule is C=CCNC(=O)C(=O)[C@H](CCC)NC(=O)[C@@H]1C[C@@]2(CN1C(=O)[C@@H](NC(=O)[C@@H](NC(=O)c1cnccn1)C1CCCCC1)C(C)(C)C)C(C)(C)C21CCC1. The van der Waals surface area contributed by atoms with Crippen molar-refractivity contribution in [2.24, 2.45) is 27.6 Å². The Kier molecular flexibility index (Phi) is 11.8. The van der Waals surface area contributed by atoms with Crippen molar-refractivity contribution in [1.82, 2.24) is 36.1 Å². The zero-order valence-electron chi connectivity index (χ0n) is 32.4. The molecule has 0 aromatic carbocycles. The third-order valence-corrected chi connectivity index (χ3v) is 13.1. The third kappa shape index (κ3) is 7.49. The fourth-order valence-electron chi connectivity index (χ4n) is 9.84. The number of carbonyl (C=O) groups is 6. The maximum atomic E-state index is 15.0. The summed E-state index contributed by atoms with van der Waals surface area (Å²) < 4.78 is 0. The van der Waals surface area contributed by atoms with Crippen LogP contribution in [0.4, 0.5) is 0 Å². The molecule has 1 aliphatic heterocycles. The first-order valence-electron chi connectivity index (χ1n) is 19.5. The van der Waals surface area contributed by atoms with Gasteiger partial charge >= 0.3 is 0 Å². The van der Waals surface area contributed by atoms with E-state index in [0.29, 0.717) is 19.4 Å². The van der Waals surface area contributed by atoms with Gasteiger partial charge in [0.25, 0.3) is 11.8 Å². The topological polar surface area (TPSA) is 180 Å². The maximum Gasteiger partial charge on any atom is 0.289 e. The molecule has 0 radical (unpaired) electrons. The normalized spacial score (nSPS) is 24.6. The third-order valence-electron chi connectivity index (χ3n) is 13.1. The van der Waals surface area contributed by atoms with Gasteiger partial charge in [-0.3, -0.25) is 33.8 Å². The second kappa shape index (κ2) is 15.7. The highest BCUT2D eigenvalue weighted by Crippen LogP contribution is 2.88. The summed E-state index contributed by atoms with van der Waals surface area (Å²) in [7, 11) is 0. The van der Waals surface area contributed by atoms with E-state index >= 15 is 0 Å². The molecule has 5 atom stereocenters. The Morgan fingerprint density at radius 3 is 2.23 bits per heavy atom. The molecule has 2 spiro atoms. The van der Waals surface area contributed by atoms with E-state index in [9.17, 15) is 28.8 Å². The standard InChI is InChI=1S/C40H59N7O6/c1-8-14-26(30(48)35(52)43-19-9-2)44-33(50)28-22-40(38(6,7)39(40)17-13-18-39)24-47(28)36(53)31(37(3,4)5)46-34(51)29(25-15-11-10-12-16-25)45-32(49)27-23-41-20-21-42-27/h9,20-21,23,25-26,28-29,31H,2,8,10-19,22,24H2,1,3-7H3,(H,43,52)(H,44,50)(H,45,49)(H,46,51)/t26-,28-,29-,31+,40+/m0/s1. The largest absolute Gasteiger partial charge is 0.346 e. The zero-order valence-corrected chi connectivity index (χ0v) is 32.4. The second-order valence-electron chi connectivity index (χ2n) is 17.3. The van der Waals surface area contributed by atoms with Crippen LogP contribution in [0.5, 0.6) is 0 Å². The molecule has 1 aromatic rings. The van der Waals surface area contributed by atoms with Gasteiger partial charge in [-0.15, -0.1) is 6.58 Å². The number of rotatable bonds is 14. The predicted molar refractivity (Wildman–Crippen MR) is 199 cm³/mol. The monoisotopic (exact) mass is 733 g/mol. The van der Waals surface area contributed by atoms with Crippen molar-refractivity contribution in [3.05, 3.63) is 36.9 Å². The average molecular weight is 734 g/mol. The number of Topliss-reactive ketones (excluding diaryl/α,β-unsaturated/α-hetero) is 1. The number of fused-ring (bicyclic) bond motifs is 1. The summed E-state index contributed by atoms with van der Waals surface area (Å²) in [4.78, 5) is 92.5. The molecule has 4 fully saturated rings. The summed E-state index contributed by atoms with van der Waals surface area (Å²) >= 11 is 0. The van der Waals surface area contributed by atoms with Crippen molar-refractivity contribution in [2.45, 2.75) is 136 Å². The van der Waals surface area contributed by atoms with Crippen LogP contribution in [-0.4, -0.2) is 87.4 Å². The second-order valence-corrected chi connectivity index (χ2v) is 17.3. The summed E-state index contributed by atoms with van der Waals surface area (Å²) in [5.74, 6) is -3.51. The van der Waals surface area contributed by atoms with Gasteiger partial charge in [0.2, 0.25) is 23.5 Å². The number of hydrogen-bond donors (Lipinski definition) is 4. The van der Waals surface area contributed by atoms with Crippen LogP contribution in [0.3, 0.4) is 0 Å². The summed E-state index contributed by atoms with van der Waals surface area (Å²) in [6.45, 7) is 16.0. The molecule has 3 saturated carbocycles. The number of nitrogens with one attached hydrogen (secondary N) is 4. The molecule has 3 aliphatic carbocycles. The molecule has 4 N–H and O–H groups in total. The molecule has 290 valence electrons. The van der Waals surface area contributed by atoms with E-state index in [1.165, 1.54) is 24.7 Å². The Labute approximate surface area is 313 Å². The van der Waals surface area contributed by atoms with Gasteiger partial charge in [-0.2, -0.15) is 0 Å². The minimum absolute atomic E-state index is 0.00788. The summed E-state index contributed by atoms with van der Waals surface area (Å²) in [5.41, 5.74) is -1.09. The highest BCUT2D eigenvalue weighted by molar-refractivity contribution is 6.38. The van der Waals surface area contributed by atoms with Gasteiger partial charge in [0.05, 0.1) is 12.2 Å². The first kappa shape index (κ1) is 40.0. The number of carbonyl (C=O) groups excluding carboxylic acids is 6. The molecule has 1 saturated heterocycles. The fourth-order valence-corrected chi connectivity index (χ4v) is 9.84. The Hall–Kier alpha value is -4.16. The summed E-state index contributed by atoms with van der Waals surface area (Å²) in [6.07, 6.45) is 14.5. The van der Waals surface area contributed by atoms with Gasteiger partial charge in [-0.1, -0.05) is 79.7 Å². The van der Waals surface area contributed by atoms with Gasteiger partial charge in [0.15, 0.2) is 0 Å². The predicted octanol–water partition coefficient (Wildman–Crippen LogP) is 3.64. The molecule has 53 heavy (non-hydrogen) atoms. The lowest BCUT2D eigenvalue weighted by Gasteiger charge is -2.38. The van der Waals surface area contributed by atoms with Gasteiger partial charge < -0.3 is 26.2 Å². The van der Waals surface area contributed by atoms with Crippen LogP contribution in [0.2, 0.25) is 0 Å². The summed E-state index contributed by atoms with van der Waals surface area (Å²) in [6, 6.07) is -3.89. The van der Waals surface area contributed by atoms with Gasteiger partial charge in [0, 0.05) is 30.9 Å². The number of aromatic nitrogens is 2. The van der Waals surface area contributed by atoms with Crippen molar-refractivity contribution in [3.8, 4) is 0 Å². The molecule has 0 unspecified atom stereocenters. The van der Waals surface area contributed by atoms with Gasteiger partial charge in [0.1, 0.15) is 23.8 Å². The van der Waals surface area contributed by atoms with Crippen molar-refractivity contribution < 1.29 is 28.8 Å². The highest BCUT2D eigenvalue weighted by Gasteiger charge is 2.85. The van der Waals surface area contributed by atoms with E-state index in [-0.39, 0.29) is 46.7 Å². The Morgan fingerprint density at radius 2 is 1.68 bits per heavy atom. The number of nitrogens with zero attached hydrogens (tertiary/aromatic N) is 3. The van der Waals surface area contributed by atoms with Crippen molar-refractivity contribution >= 4 is 35.3 Å². The zero-order chi connectivity index (χ0) is 38.8. The first-order valence-corrected chi connectivity index (χ1v) is 19.5. The van der Waals surface area contributed by atoms with E-state index in [1.807, 2.05) is 27.7 Å². The fraction of sp³-hybridized carbons (Fsp3) is 0.700. The molecule has 5 amide bonds. The number of hydrogen-bond acceptors (Lipinski definition) is 8. The minimum Gasteiger partial charge on any atom is -0.346 e. The van der Waals surface area contributed by atoms with Crippen LogP contribution in [0.25, 0.3) is 0 Å². The number of likely N-dealkylation sites (tertiary alicyclic amines) is 1. The average Bonchev–Trinajstić information content (AvgIpc) is 3.32. The number of ketones is 1. The Balaban J connectivity index is 1.43. The van der Waals surface area contributed by atoms with E-state index in [2.05, 4.69) is 51.7 Å². The lowest BCUT2D eigenvalue weighted by atomic mass is 9.73. The van der Waals surface area contributed by atoms with Crippen LogP contribution in [0.15, 0.2) is 31.2 Å². The van der Waals surface area contributed by atoms with Crippen LogP contribution in [0.1, 0.15) is 123 Å². The molecule has 13 nitrogen and oxygen atoms in total. The van der Waals surface area contributed by atoms with E-state index < -0.39 is 59.0 Å². The molecular weight excluding hydrogens is 674 g/mol. The lowest BCUT2D eigenvalue weighted by molar-refractivity contribution is -0.145. The van der Waals surface area contributed by atoms with Gasteiger partial charge in [-0.05, 0) is 60.7 Å². The molecule has 5 rings (SSSR count). The van der Waals surface area contributed by atoms with Crippen molar-refractivity contribution in [2.75, 3.05) is 13.1 Å². The van der Waals surface area contributed by atoms with Crippen LogP contribution >= 0.6 is 0 Å². The van der Waals surface area contributed by atoms with Crippen molar-refractivity contribution in [1.29, 1.82) is 0 Å². The quantitative estimate of drug-likeness (QED) is 0.165. The molecule has 2 heterocycles. The first-order chi connectivity index (χ1) is 25.0. The van der Waals surface area contributed by atoms with Crippen LogP contribution in [0, 0.1) is 27.6 Å². The summed E-state index contributed by atoms with van der Waals surface area (Å²) in [5, 5.41) is 11.3. The highest BCUT2D eigenvalue weighted by atomic mass is 16.2. The Morgan fingerprint density at radius 1 is 0.981 bits per heavy atom. The van der Waals surface area contributed by atoms with E-state index in [4.69, 9.17) is 0 Å². The van der Waals surface area contributed by atoms with Crippen LogP contribution in [-0.2, 0) is 24.0 Å². The van der Waals surface area contributed by atoms with Crippen molar-refractivity contribution in [3.63, 3.8) is 0 Å². The number of amides is 5. The lowest BCUT2D eigenvalue weighted by Crippen LogP contribution is -2.62. The van der Waals surface area contributed by atoms with E-state index in [0.717, 1.165) is 51.4 Å². The molecule has 4 aliphatic rings. The van der Waals surface area contributed by atoms with Crippen LogP contribution < -0.4 is 21.3 Å². The smallest absolute Gasteiger partial charge is 0.289 e. The molecule has 13 heteroatoms. The molecular formula is C40H59N7O6. The maximum absolute atomic E-state index is 15.0. The minimum atomic E-state index is -1.05. The molecule has 0 bridgehead atoms. The van der Waals surface area contributed by atoms with E-state index in [1.54, 1.807) is 4.90 Å². The van der Waals surface area contributed by atoms with Gasteiger partial charge in [-0.25, -0.2) is 4.98 Å². The molecule has 1 aromatic heterocycles.